The first-order valence-corrected chi connectivity index (χ1v) is 23.7. The average molecular weight is 972 g/mol. The van der Waals surface area contributed by atoms with Crippen LogP contribution in [0.3, 0.4) is 0 Å². The molecule has 0 spiro atoms. The van der Waals surface area contributed by atoms with Gasteiger partial charge in [-0.05, 0) is 117 Å². The summed E-state index contributed by atoms with van der Waals surface area (Å²) < 4.78 is 26.7. The highest BCUT2D eigenvalue weighted by molar-refractivity contribution is 5.84. The lowest BCUT2D eigenvalue weighted by atomic mass is 9.96. The second-order valence-electron chi connectivity index (χ2n) is 19.1. The number of carbonyl (C=O) groups is 2. The SMILES string of the molecule is CC(C)(C)OC(=O)Nc1ccc(C2CCOC2)c(CO)n1.CN(CCO)Cc1nc(N)ccc1C1CCOC1.CN(CCO)Cc1nc(NC(=O)OC(C)(C)C)ccc1C1CCOC1.CNCCO. The molecule has 3 aromatic rings. The number of nitrogens with two attached hydrogens (primary N) is 1. The third-order valence-electron chi connectivity index (χ3n) is 10.7. The zero-order chi connectivity index (χ0) is 51.0. The number of hydrogen-bond acceptors (Lipinski definition) is 18. The van der Waals surface area contributed by atoms with E-state index < -0.39 is 23.4 Å². The van der Waals surface area contributed by atoms with E-state index >= 15 is 0 Å². The minimum Gasteiger partial charge on any atom is -0.444 e. The zero-order valence-corrected chi connectivity index (χ0v) is 42.4. The lowest BCUT2D eigenvalue weighted by Crippen LogP contribution is -2.28. The van der Waals surface area contributed by atoms with E-state index in [1.54, 1.807) is 40.0 Å². The van der Waals surface area contributed by atoms with Gasteiger partial charge in [-0.25, -0.2) is 24.5 Å². The fourth-order valence-corrected chi connectivity index (χ4v) is 7.47. The molecule has 20 heteroatoms. The molecule has 3 aromatic heterocycles. The predicted molar refractivity (Wildman–Crippen MR) is 265 cm³/mol. The van der Waals surface area contributed by atoms with Crippen molar-refractivity contribution in [1.82, 2.24) is 30.1 Å². The van der Waals surface area contributed by atoms with Crippen LogP contribution in [-0.4, -0.2) is 169 Å². The van der Waals surface area contributed by atoms with E-state index in [1.807, 2.05) is 62.9 Å². The van der Waals surface area contributed by atoms with E-state index in [0.717, 1.165) is 68.2 Å². The molecule has 69 heavy (non-hydrogen) atoms. The molecule has 3 aliphatic rings. The number of ether oxygens (including phenoxy) is 5. The summed E-state index contributed by atoms with van der Waals surface area (Å²) in [6.45, 7) is 18.7. The van der Waals surface area contributed by atoms with Crippen LogP contribution in [0.1, 0.15) is 112 Å². The Balaban J connectivity index is 0.000000263. The smallest absolute Gasteiger partial charge is 0.413 e. The first-order chi connectivity index (χ1) is 32.8. The fraction of sp³-hybridized carbons (Fsp3) is 0.653. The Morgan fingerprint density at radius 1 is 0.638 bits per heavy atom. The number of likely N-dealkylation sites (N-methyl/N-ethyl adjacent to an activating group) is 3. The molecule has 3 saturated heterocycles. The highest BCUT2D eigenvalue weighted by Crippen LogP contribution is 2.31. The number of nitrogens with zero attached hydrogens (tertiary/aromatic N) is 5. The summed E-state index contributed by atoms with van der Waals surface area (Å²) in [6, 6.07) is 11.3. The number of amides is 2. The maximum Gasteiger partial charge on any atom is 0.413 e. The van der Waals surface area contributed by atoms with Gasteiger partial charge in [0, 0.05) is 70.3 Å². The van der Waals surface area contributed by atoms with E-state index in [0.29, 0.717) is 80.9 Å². The molecule has 9 N–H and O–H groups in total. The number of rotatable bonds is 16. The minimum atomic E-state index is -0.564. The van der Waals surface area contributed by atoms with Gasteiger partial charge in [0.1, 0.15) is 28.7 Å². The fourth-order valence-electron chi connectivity index (χ4n) is 7.47. The van der Waals surface area contributed by atoms with E-state index in [2.05, 4.69) is 37.0 Å². The van der Waals surface area contributed by atoms with Crippen molar-refractivity contribution in [3.63, 3.8) is 0 Å². The Morgan fingerprint density at radius 3 is 1.36 bits per heavy atom. The van der Waals surface area contributed by atoms with Gasteiger partial charge in [0.2, 0.25) is 0 Å². The first kappa shape index (κ1) is 58.7. The molecule has 3 atom stereocenters. The van der Waals surface area contributed by atoms with Gasteiger partial charge in [-0.3, -0.25) is 20.4 Å². The molecule has 0 aliphatic carbocycles. The highest BCUT2D eigenvalue weighted by atomic mass is 16.6. The molecule has 388 valence electrons. The Labute approximate surface area is 408 Å². The number of anilines is 3. The summed E-state index contributed by atoms with van der Waals surface area (Å²) in [6.07, 6.45) is 1.86. The maximum atomic E-state index is 12.0. The van der Waals surface area contributed by atoms with E-state index in [-0.39, 0.29) is 32.3 Å². The molecule has 0 aromatic carbocycles. The van der Waals surface area contributed by atoms with Crippen LogP contribution in [0.5, 0.6) is 0 Å². The lowest BCUT2D eigenvalue weighted by molar-refractivity contribution is 0.0623. The zero-order valence-electron chi connectivity index (χ0n) is 42.4. The van der Waals surface area contributed by atoms with Crippen molar-refractivity contribution in [2.24, 2.45) is 0 Å². The molecule has 6 rings (SSSR count). The van der Waals surface area contributed by atoms with Crippen LogP contribution in [0, 0.1) is 0 Å². The minimum absolute atomic E-state index is 0.0915. The molecule has 3 fully saturated rings. The number of aromatic nitrogens is 3. The van der Waals surface area contributed by atoms with Gasteiger partial charge >= 0.3 is 12.2 Å². The molecule has 20 nitrogen and oxygen atoms in total. The number of nitrogens with one attached hydrogen (secondary N) is 3. The Bertz CT molecular complexity index is 1960. The summed E-state index contributed by atoms with van der Waals surface area (Å²) >= 11 is 0. The normalized spacial score (nSPS) is 17.8. The van der Waals surface area contributed by atoms with Gasteiger partial charge in [-0.2, -0.15) is 0 Å². The number of aliphatic hydroxyl groups is 4. The number of hydrogen-bond donors (Lipinski definition) is 8. The summed E-state index contributed by atoms with van der Waals surface area (Å²) in [5, 5.41) is 43.6. The summed E-state index contributed by atoms with van der Waals surface area (Å²) in [7, 11) is 5.70. The van der Waals surface area contributed by atoms with Crippen LogP contribution in [0.15, 0.2) is 36.4 Å². The second kappa shape index (κ2) is 30.2. The summed E-state index contributed by atoms with van der Waals surface area (Å²) in [4.78, 5) is 41.1. The van der Waals surface area contributed by atoms with Crippen LogP contribution in [0.2, 0.25) is 0 Å². The Morgan fingerprint density at radius 2 is 1.03 bits per heavy atom. The van der Waals surface area contributed by atoms with Crippen molar-refractivity contribution in [2.75, 3.05) is 117 Å². The third kappa shape index (κ3) is 22.3. The van der Waals surface area contributed by atoms with E-state index in [9.17, 15) is 14.7 Å². The van der Waals surface area contributed by atoms with E-state index in [1.165, 1.54) is 5.56 Å². The quantitative estimate of drug-likeness (QED) is 0.0977. The van der Waals surface area contributed by atoms with Crippen molar-refractivity contribution >= 4 is 29.6 Å². The third-order valence-corrected chi connectivity index (χ3v) is 10.7. The number of carbonyl (C=O) groups excluding carboxylic acids is 2. The van der Waals surface area contributed by atoms with Gasteiger partial charge in [-0.15, -0.1) is 0 Å². The van der Waals surface area contributed by atoms with Crippen LogP contribution in [-0.2, 0) is 43.4 Å². The molecular weight excluding hydrogens is 891 g/mol. The first-order valence-electron chi connectivity index (χ1n) is 23.7. The van der Waals surface area contributed by atoms with Gasteiger partial charge in [0.25, 0.3) is 0 Å². The van der Waals surface area contributed by atoms with Crippen molar-refractivity contribution in [3.8, 4) is 0 Å². The van der Waals surface area contributed by atoms with Crippen LogP contribution in [0.4, 0.5) is 27.0 Å². The van der Waals surface area contributed by atoms with Crippen molar-refractivity contribution in [3.05, 3.63) is 70.2 Å². The van der Waals surface area contributed by atoms with Crippen molar-refractivity contribution in [1.29, 1.82) is 0 Å². The monoisotopic (exact) mass is 972 g/mol. The molecule has 3 aliphatic heterocycles. The van der Waals surface area contributed by atoms with Gasteiger partial charge in [-0.1, -0.05) is 18.2 Å². The van der Waals surface area contributed by atoms with Gasteiger partial charge < -0.3 is 55.2 Å². The Kier molecular flexibility index (Phi) is 25.7. The topological polar surface area (TPSA) is 268 Å². The number of pyridine rings is 3. The molecule has 6 heterocycles. The van der Waals surface area contributed by atoms with Gasteiger partial charge in [0.05, 0.1) is 63.3 Å². The van der Waals surface area contributed by atoms with Crippen LogP contribution < -0.4 is 21.7 Å². The highest BCUT2D eigenvalue weighted by Gasteiger charge is 2.26. The largest absolute Gasteiger partial charge is 0.444 e. The summed E-state index contributed by atoms with van der Waals surface area (Å²) in [5.41, 5.74) is 10.4. The summed E-state index contributed by atoms with van der Waals surface area (Å²) in [5.74, 6) is 2.39. The lowest BCUT2D eigenvalue weighted by Gasteiger charge is -2.21. The van der Waals surface area contributed by atoms with Crippen LogP contribution >= 0.6 is 0 Å². The molecule has 0 saturated carbocycles. The molecule has 3 unspecified atom stereocenters. The molecule has 2 amide bonds. The molecule has 0 bridgehead atoms. The van der Waals surface area contributed by atoms with Gasteiger partial charge in [0.15, 0.2) is 0 Å². The molecule has 0 radical (unpaired) electrons. The maximum absolute atomic E-state index is 12.0. The average Bonchev–Trinajstić information content (AvgIpc) is 4.10. The van der Waals surface area contributed by atoms with Crippen LogP contribution in [0.25, 0.3) is 0 Å². The molecular formula is C49H81N9O11. The Hall–Kier alpha value is -4.61. The predicted octanol–water partition coefficient (Wildman–Crippen LogP) is 4.57. The van der Waals surface area contributed by atoms with Crippen molar-refractivity contribution in [2.45, 2.75) is 109 Å². The standard InChI is InChI=1S/C18H29N3O4.C15H22N2O4.C13H21N3O2.C3H9NO/c1-18(2,3)25-17(23)20-16-6-5-14(13-7-10-24-12-13)15(19-16)11-21(4)8-9-22;1-15(2,3)21-14(19)17-13-5-4-11(12(8-18)16-13)10-6-7-20-9-10;1-16(5-6-17)8-12-11(2-3-13(14)15-12)10-4-7-18-9-10;1-4-2-3-5/h5-6,13,22H,7-12H2,1-4H3,(H,19,20,23);4-5,10,18H,6-9H2,1-3H3,(H,16,17,19);2-3,10,17H,4-9H2,1H3,(H2,14,15);4-5H,2-3H2,1H3. The number of aliphatic hydroxyl groups excluding tert-OH is 4. The van der Waals surface area contributed by atoms with Crippen molar-refractivity contribution < 1.29 is 53.7 Å². The number of nitrogen functional groups attached to an aromatic ring is 1. The second-order valence-corrected chi connectivity index (χ2v) is 19.1. The van der Waals surface area contributed by atoms with E-state index in [4.69, 9.17) is 44.7 Å².